The molecule has 0 radical (unpaired) electrons. The third kappa shape index (κ3) is 2.08. The monoisotopic (exact) mass is 238 g/mol. The Bertz CT molecular complexity index is 395. The van der Waals surface area contributed by atoms with Gasteiger partial charge in [0.1, 0.15) is 17.2 Å². The van der Waals surface area contributed by atoms with Gasteiger partial charge in [0.25, 0.3) is 10.5 Å². The highest BCUT2D eigenvalue weighted by Gasteiger charge is 2.18. The normalized spacial score (nSPS) is 10.0. The summed E-state index contributed by atoms with van der Waals surface area (Å²) in [5, 5.41) is -2.29. The molecule has 0 spiro atoms. The van der Waals surface area contributed by atoms with Gasteiger partial charge in [-0.25, -0.2) is 8.78 Å². The van der Waals surface area contributed by atoms with Gasteiger partial charge in [-0.05, 0) is 35.3 Å². The lowest BCUT2D eigenvalue weighted by atomic mass is 10.1. The Morgan fingerprint density at radius 1 is 1.00 bits per heavy atom. The Labute approximate surface area is 87.4 Å². The second-order valence-corrected chi connectivity index (χ2v) is 3.05. The summed E-state index contributed by atoms with van der Waals surface area (Å²) >= 11 is 9.90. The molecule has 74 valence electrons. The quantitative estimate of drug-likeness (QED) is 0.743. The van der Waals surface area contributed by atoms with Gasteiger partial charge < -0.3 is 0 Å². The van der Waals surface area contributed by atoms with E-state index < -0.39 is 27.7 Å². The molecule has 1 aromatic carbocycles. The average molecular weight is 239 g/mol. The zero-order chi connectivity index (χ0) is 10.9. The Morgan fingerprint density at radius 2 is 1.43 bits per heavy atom. The van der Waals surface area contributed by atoms with Crippen molar-refractivity contribution in [3.8, 4) is 0 Å². The van der Waals surface area contributed by atoms with Crippen molar-refractivity contribution in [2.24, 2.45) is 0 Å². The summed E-state index contributed by atoms with van der Waals surface area (Å²) in [7, 11) is 0. The molecule has 0 saturated heterocycles. The van der Waals surface area contributed by atoms with Gasteiger partial charge in [0.2, 0.25) is 0 Å². The van der Waals surface area contributed by atoms with Gasteiger partial charge in [-0.1, -0.05) is 0 Å². The summed E-state index contributed by atoms with van der Waals surface area (Å²) in [5.41, 5.74) is -1.27. The molecule has 0 unspecified atom stereocenters. The lowest BCUT2D eigenvalue weighted by molar-refractivity contribution is 0.106. The zero-order valence-electron chi connectivity index (χ0n) is 6.48. The molecule has 0 aliphatic carbocycles. The van der Waals surface area contributed by atoms with E-state index in [1.54, 1.807) is 0 Å². The number of benzene rings is 1. The molecule has 0 bridgehead atoms. The summed E-state index contributed by atoms with van der Waals surface area (Å²) in [6.07, 6.45) is 0. The fraction of sp³-hybridized carbons (Fsp3) is 0. The van der Waals surface area contributed by atoms with Gasteiger partial charge in [0.05, 0.1) is 0 Å². The third-order valence-electron chi connectivity index (χ3n) is 1.47. The Hall–Kier alpha value is -1.000. The molecule has 1 aromatic rings. The van der Waals surface area contributed by atoms with Crippen LogP contribution in [0.1, 0.15) is 20.7 Å². The summed E-state index contributed by atoms with van der Waals surface area (Å²) in [4.78, 5) is 21.1. The smallest absolute Gasteiger partial charge is 0.258 e. The van der Waals surface area contributed by atoms with Crippen molar-refractivity contribution < 1.29 is 18.4 Å². The SMILES string of the molecule is O=C(Cl)c1cc(F)c(C(=O)Cl)c(F)c1. The lowest BCUT2D eigenvalue weighted by Gasteiger charge is -2.00. The van der Waals surface area contributed by atoms with Crippen LogP contribution in [-0.4, -0.2) is 10.5 Å². The van der Waals surface area contributed by atoms with E-state index in [4.69, 9.17) is 23.2 Å². The number of halogens is 4. The topological polar surface area (TPSA) is 34.1 Å². The van der Waals surface area contributed by atoms with Crippen LogP contribution in [0.5, 0.6) is 0 Å². The molecule has 0 amide bonds. The van der Waals surface area contributed by atoms with E-state index in [1.165, 1.54) is 0 Å². The van der Waals surface area contributed by atoms with Crippen LogP contribution in [0.4, 0.5) is 8.78 Å². The van der Waals surface area contributed by atoms with Crippen LogP contribution >= 0.6 is 23.2 Å². The van der Waals surface area contributed by atoms with Crippen molar-refractivity contribution in [3.63, 3.8) is 0 Å². The van der Waals surface area contributed by atoms with E-state index >= 15 is 0 Å². The van der Waals surface area contributed by atoms with Crippen LogP contribution in [-0.2, 0) is 0 Å². The van der Waals surface area contributed by atoms with Crippen LogP contribution in [0.15, 0.2) is 12.1 Å². The average Bonchev–Trinajstić information content (AvgIpc) is 2.01. The molecule has 6 heteroatoms. The van der Waals surface area contributed by atoms with E-state index in [0.717, 1.165) is 0 Å². The van der Waals surface area contributed by atoms with Gasteiger partial charge in [0.15, 0.2) is 0 Å². The first-order valence-corrected chi connectivity index (χ1v) is 4.07. The van der Waals surface area contributed by atoms with E-state index in [9.17, 15) is 18.4 Å². The molecule has 0 fully saturated rings. The molecule has 0 atom stereocenters. The van der Waals surface area contributed by atoms with E-state index in [-0.39, 0.29) is 5.56 Å². The predicted octanol–water partition coefficient (Wildman–Crippen LogP) is 2.72. The first-order valence-electron chi connectivity index (χ1n) is 3.32. The minimum Gasteiger partial charge on any atom is -0.276 e. The second-order valence-electron chi connectivity index (χ2n) is 2.36. The minimum atomic E-state index is -1.27. The molecule has 2 nitrogen and oxygen atoms in total. The van der Waals surface area contributed by atoms with Gasteiger partial charge in [-0.2, -0.15) is 0 Å². The largest absolute Gasteiger partial charge is 0.276 e. The molecule has 14 heavy (non-hydrogen) atoms. The number of hydrogen-bond acceptors (Lipinski definition) is 2. The molecule has 0 aliphatic heterocycles. The number of hydrogen-bond donors (Lipinski definition) is 0. The van der Waals surface area contributed by atoms with Crippen molar-refractivity contribution in [2.75, 3.05) is 0 Å². The highest BCUT2D eigenvalue weighted by molar-refractivity contribution is 6.68. The fourth-order valence-corrected chi connectivity index (χ4v) is 1.16. The van der Waals surface area contributed by atoms with Crippen LogP contribution in [0.2, 0.25) is 0 Å². The van der Waals surface area contributed by atoms with Crippen molar-refractivity contribution in [1.29, 1.82) is 0 Å². The highest BCUT2D eigenvalue weighted by atomic mass is 35.5. The Kier molecular flexibility index (Phi) is 3.18. The highest BCUT2D eigenvalue weighted by Crippen LogP contribution is 2.18. The maximum Gasteiger partial charge on any atom is 0.258 e. The minimum absolute atomic E-state index is 0.372. The molecular weight excluding hydrogens is 237 g/mol. The standard InChI is InChI=1S/C8H2Cl2F2O2/c9-7(13)3-1-4(11)6(8(10)14)5(12)2-3/h1-2H. The van der Waals surface area contributed by atoms with Crippen molar-refractivity contribution >= 4 is 33.7 Å². The molecule has 1 rings (SSSR count). The van der Waals surface area contributed by atoms with E-state index in [0.29, 0.717) is 12.1 Å². The van der Waals surface area contributed by atoms with Gasteiger partial charge in [-0.15, -0.1) is 0 Å². The third-order valence-corrected chi connectivity index (χ3v) is 1.87. The summed E-state index contributed by atoms with van der Waals surface area (Å²) in [5.74, 6) is -2.43. The zero-order valence-corrected chi connectivity index (χ0v) is 7.99. The van der Waals surface area contributed by atoms with Crippen LogP contribution in [0.3, 0.4) is 0 Å². The number of carbonyl (C=O) groups is 2. The fourth-order valence-electron chi connectivity index (χ4n) is 0.874. The molecule has 0 aliphatic rings. The van der Waals surface area contributed by atoms with Gasteiger partial charge in [-0.3, -0.25) is 9.59 Å². The molecule has 0 saturated carbocycles. The van der Waals surface area contributed by atoms with E-state index in [2.05, 4.69) is 0 Å². The van der Waals surface area contributed by atoms with Crippen molar-refractivity contribution in [3.05, 3.63) is 34.9 Å². The lowest BCUT2D eigenvalue weighted by Crippen LogP contribution is -2.02. The maximum atomic E-state index is 13.0. The first-order chi connectivity index (χ1) is 6.43. The second kappa shape index (κ2) is 4.02. The van der Waals surface area contributed by atoms with Crippen LogP contribution in [0.25, 0.3) is 0 Å². The van der Waals surface area contributed by atoms with Gasteiger partial charge in [0, 0.05) is 5.56 Å². The molecule has 0 N–H and O–H groups in total. The summed E-state index contributed by atoms with van der Waals surface area (Å²) < 4.78 is 25.9. The maximum absolute atomic E-state index is 13.0. The number of rotatable bonds is 2. The molecule has 0 aromatic heterocycles. The Morgan fingerprint density at radius 3 is 1.71 bits per heavy atom. The first kappa shape index (κ1) is 11.1. The van der Waals surface area contributed by atoms with E-state index in [1.807, 2.05) is 0 Å². The van der Waals surface area contributed by atoms with Crippen molar-refractivity contribution in [2.45, 2.75) is 0 Å². The molecule has 0 heterocycles. The van der Waals surface area contributed by atoms with Crippen LogP contribution < -0.4 is 0 Å². The van der Waals surface area contributed by atoms with Crippen molar-refractivity contribution in [1.82, 2.24) is 0 Å². The number of carbonyl (C=O) groups excluding carboxylic acids is 2. The van der Waals surface area contributed by atoms with Crippen LogP contribution in [0, 0.1) is 11.6 Å². The predicted molar refractivity (Wildman–Crippen MR) is 46.7 cm³/mol. The van der Waals surface area contributed by atoms with Gasteiger partial charge >= 0.3 is 0 Å². The summed E-state index contributed by atoms with van der Waals surface area (Å²) in [6.45, 7) is 0. The summed E-state index contributed by atoms with van der Waals surface area (Å²) in [6, 6.07) is 1.29. The Balaban J connectivity index is 3.39. The molecular formula is C8H2Cl2F2O2.